The van der Waals surface area contributed by atoms with Gasteiger partial charge in [0.1, 0.15) is 5.78 Å². The van der Waals surface area contributed by atoms with E-state index in [1.807, 2.05) is 32.9 Å². The third-order valence-electron chi connectivity index (χ3n) is 5.97. The molecule has 0 saturated heterocycles. The van der Waals surface area contributed by atoms with E-state index in [4.69, 9.17) is 0 Å². The summed E-state index contributed by atoms with van der Waals surface area (Å²) in [6.45, 7) is 5.84. The predicted molar refractivity (Wildman–Crippen MR) is 89.3 cm³/mol. The molecule has 1 aromatic carbocycles. The second kappa shape index (κ2) is 5.02. The van der Waals surface area contributed by atoms with E-state index in [-0.39, 0.29) is 16.6 Å². The van der Waals surface area contributed by atoms with Gasteiger partial charge in [0.15, 0.2) is 0 Å². The lowest BCUT2D eigenvalue weighted by atomic mass is 9.68. The minimum atomic E-state index is -4.46. The monoisotopic (exact) mass is 334 g/mol. The summed E-state index contributed by atoms with van der Waals surface area (Å²) in [6.07, 6.45) is 3.18. The number of rotatable bonds is 3. The molecule has 0 heterocycles. The third kappa shape index (κ3) is 2.29. The molecule has 0 spiro atoms. The molecular weight excluding hydrogens is 312 g/mol. The van der Waals surface area contributed by atoms with Gasteiger partial charge in [-0.25, -0.2) is 0 Å². The summed E-state index contributed by atoms with van der Waals surface area (Å²) in [4.78, 5) is 12.6. The van der Waals surface area contributed by atoms with Gasteiger partial charge in [-0.15, -0.1) is 0 Å². The average molecular weight is 334 g/mol. The van der Waals surface area contributed by atoms with Crippen molar-refractivity contribution in [2.24, 2.45) is 16.7 Å². The van der Waals surface area contributed by atoms with Crippen LogP contribution in [0.4, 0.5) is 0 Å². The number of hydrogen-bond donors (Lipinski definition) is 1. The van der Waals surface area contributed by atoms with Crippen molar-refractivity contribution in [1.29, 1.82) is 0 Å². The first-order chi connectivity index (χ1) is 10.6. The lowest BCUT2D eigenvalue weighted by molar-refractivity contribution is -0.126. The molecule has 0 radical (unpaired) electrons. The van der Waals surface area contributed by atoms with E-state index >= 15 is 0 Å². The zero-order valence-electron chi connectivity index (χ0n) is 13.7. The van der Waals surface area contributed by atoms with Crippen molar-refractivity contribution in [3.8, 4) is 0 Å². The Morgan fingerprint density at radius 3 is 2.30 bits per heavy atom. The molecule has 124 valence electrons. The Kier molecular flexibility index (Phi) is 3.58. The molecule has 2 unspecified atom stereocenters. The summed E-state index contributed by atoms with van der Waals surface area (Å²) in [5.41, 5.74) is 0.176. The molecular formula is C18H22O4S. The van der Waals surface area contributed by atoms with E-state index in [1.54, 1.807) is 12.1 Å². The Balaban J connectivity index is 2.22. The van der Waals surface area contributed by atoms with Crippen molar-refractivity contribution in [2.45, 2.75) is 40.0 Å². The van der Waals surface area contributed by atoms with Gasteiger partial charge in [0, 0.05) is 6.42 Å². The van der Waals surface area contributed by atoms with Crippen molar-refractivity contribution in [2.75, 3.05) is 0 Å². The van der Waals surface area contributed by atoms with Crippen LogP contribution in [0.15, 0.2) is 29.2 Å². The largest absolute Gasteiger partial charge is 0.299 e. The molecule has 3 rings (SSSR count). The molecule has 2 aliphatic carbocycles. The summed E-state index contributed by atoms with van der Waals surface area (Å²) < 4.78 is 34.2. The van der Waals surface area contributed by atoms with Crippen LogP contribution < -0.4 is 0 Å². The molecule has 23 heavy (non-hydrogen) atoms. The highest BCUT2D eigenvalue weighted by Crippen LogP contribution is 2.67. The number of aryl methyl sites for hydroxylation is 1. The van der Waals surface area contributed by atoms with Crippen LogP contribution in [0.5, 0.6) is 0 Å². The second-order valence-corrected chi connectivity index (χ2v) is 8.77. The van der Waals surface area contributed by atoms with Gasteiger partial charge in [0.25, 0.3) is 10.1 Å². The fraction of sp³-hybridized carbons (Fsp3) is 0.500. The SMILES string of the molecule is Cc1ccc(C=C(C23CCC(CC2=O)C3(C)C)S(=O)(=O)O)cc1. The Morgan fingerprint density at radius 1 is 1.26 bits per heavy atom. The topological polar surface area (TPSA) is 71.4 Å². The number of fused-ring (bicyclic) bond motifs is 2. The lowest BCUT2D eigenvalue weighted by Crippen LogP contribution is -2.40. The lowest BCUT2D eigenvalue weighted by Gasteiger charge is -2.37. The molecule has 0 amide bonds. The second-order valence-electron chi connectivity index (χ2n) is 7.38. The molecule has 4 nitrogen and oxygen atoms in total. The van der Waals surface area contributed by atoms with Gasteiger partial charge in [-0.2, -0.15) is 8.42 Å². The molecule has 1 N–H and O–H groups in total. The van der Waals surface area contributed by atoms with Gasteiger partial charge >= 0.3 is 0 Å². The molecule has 2 fully saturated rings. The van der Waals surface area contributed by atoms with Crippen molar-refractivity contribution in [1.82, 2.24) is 0 Å². The van der Waals surface area contributed by atoms with E-state index < -0.39 is 20.9 Å². The number of ketones is 1. The van der Waals surface area contributed by atoms with Crippen LogP contribution in [0.3, 0.4) is 0 Å². The van der Waals surface area contributed by atoms with E-state index in [0.717, 1.165) is 12.0 Å². The van der Waals surface area contributed by atoms with Crippen molar-refractivity contribution >= 4 is 22.0 Å². The van der Waals surface area contributed by atoms with Gasteiger partial charge in [0.2, 0.25) is 0 Å². The highest BCUT2D eigenvalue weighted by molar-refractivity contribution is 7.90. The molecule has 2 aliphatic rings. The van der Waals surface area contributed by atoms with Crippen LogP contribution in [0.1, 0.15) is 44.2 Å². The summed E-state index contributed by atoms with van der Waals surface area (Å²) in [5, 5.41) is 0. The van der Waals surface area contributed by atoms with Crippen LogP contribution in [0.2, 0.25) is 0 Å². The minimum Gasteiger partial charge on any atom is -0.299 e. The van der Waals surface area contributed by atoms with E-state index in [0.29, 0.717) is 18.4 Å². The van der Waals surface area contributed by atoms with Crippen molar-refractivity contribution in [3.05, 3.63) is 40.3 Å². The standard InChI is InChI=1S/C18H22O4S/c1-12-4-6-13(7-5-12)10-16(23(20,21)22)18-9-8-14(11-15(18)19)17(18,2)3/h4-7,10,14H,8-9,11H2,1-3H3,(H,20,21,22). The van der Waals surface area contributed by atoms with Crippen LogP contribution in [0.25, 0.3) is 6.08 Å². The van der Waals surface area contributed by atoms with Crippen LogP contribution in [-0.4, -0.2) is 18.8 Å². The molecule has 2 atom stereocenters. The highest BCUT2D eigenvalue weighted by Gasteiger charge is 2.67. The number of hydrogen-bond acceptors (Lipinski definition) is 3. The number of benzene rings is 1. The van der Waals surface area contributed by atoms with Crippen LogP contribution in [-0.2, 0) is 14.9 Å². The summed E-state index contributed by atoms with van der Waals surface area (Å²) in [5.74, 6) is 0.118. The van der Waals surface area contributed by atoms with Gasteiger partial charge < -0.3 is 0 Å². The van der Waals surface area contributed by atoms with Crippen LogP contribution in [0, 0.1) is 23.7 Å². The maximum Gasteiger partial charge on any atom is 0.291 e. The Hall–Kier alpha value is -1.46. The van der Waals surface area contributed by atoms with Crippen LogP contribution >= 0.6 is 0 Å². The zero-order valence-corrected chi connectivity index (χ0v) is 14.5. The average Bonchev–Trinajstić information content (AvgIpc) is 2.80. The summed E-state index contributed by atoms with van der Waals surface area (Å²) in [7, 11) is -4.46. The normalized spacial score (nSPS) is 30.0. The summed E-state index contributed by atoms with van der Waals surface area (Å²) in [6, 6.07) is 7.36. The third-order valence-corrected chi connectivity index (χ3v) is 6.99. The maximum atomic E-state index is 12.7. The first-order valence-corrected chi connectivity index (χ1v) is 9.33. The smallest absolute Gasteiger partial charge is 0.291 e. The minimum absolute atomic E-state index is 0.0604. The fourth-order valence-electron chi connectivity index (χ4n) is 4.49. The van der Waals surface area contributed by atoms with Gasteiger partial charge in [0.05, 0.1) is 10.3 Å². The van der Waals surface area contributed by atoms with E-state index in [1.165, 1.54) is 6.08 Å². The predicted octanol–water partition coefficient (Wildman–Crippen LogP) is 3.62. The quantitative estimate of drug-likeness (QED) is 0.857. The molecule has 1 aromatic rings. The fourth-order valence-corrected chi connectivity index (χ4v) is 5.69. The molecule has 2 bridgehead atoms. The molecule has 0 aromatic heterocycles. The zero-order chi connectivity index (χ0) is 17.0. The maximum absolute atomic E-state index is 12.7. The van der Waals surface area contributed by atoms with Gasteiger partial charge in [-0.05, 0) is 42.7 Å². The Bertz CT molecular complexity index is 787. The van der Waals surface area contributed by atoms with Gasteiger partial charge in [-0.1, -0.05) is 43.7 Å². The number of Topliss-reactive ketones (excluding diaryl/α,β-unsaturated/α-hetero) is 1. The first kappa shape index (κ1) is 16.4. The molecule has 5 heteroatoms. The van der Waals surface area contributed by atoms with Gasteiger partial charge in [-0.3, -0.25) is 9.35 Å². The summed E-state index contributed by atoms with van der Waals surface area (Å²) >= 11 is 0. The van der Waals surface area contributed by atoms with Crippen molar-refractivity contribution in [3.63, 3.8) is 0 Å². The van der Waals surface area contributed by atoms with Crippen molar-refractivity contribution < 1.29 is 17.8 Å². The highest BCUT2D eigenvalue weighted by atomic mass is 32.2. The number of carbonyl (C=O) groups is 1. The number of carbonyl (C=O) groups excluding carboxylic acids is 1. The number of allylic oxidation sites excluding steroid dienone is 1. The Labute approximate surface area is 137 Å². The van der Waals surface area contributed by atoms with E-state index in [2.05, 4.69) is 0 Å². The van der Waals surface area contributed by atoms with E-state index in [9.17, 15) is 17.8 Å². The Morgan fingerprint density at radius 2 is 1.87 bits per heavy atom. The molecule has 0 aliphatic heterocycles. The molecule has 2 saturated carbocycles. The first-order valence-electron chi connectivity index (χ1n) is 7.89.